The van der Waals surface area contributed by atoms with Crippen molar-refractivity contribution in [1.82, 2.24) is 0 Å². The Morgan fingerprint density at radius 1 is 0.778 bits per heavy atom. The average Bonchev–Trinajstić information content (AvgIpc) is 2.67. The molecular formula is C21H17NO5. The summed E-state index contributed by atoms with van der Waals surface area (Å²) in [5.74, 6) is -2.84. The zero-order chi connectivity index (χ0) is 19.6. The highest BCUT2D eigenvalue weighted by atomic mass is 16.4. The number of hydrogen-bond donors (Lipinski definition) is 2. The fourth-order valence-electron chi connectivity index (χ4n) is 2.94. The van der Waals surface area contributed by atoms with Gasteiger partial charge in [-0.25, -0.2) is 9.59 Å². The third-order valence-electron chi connectivity index (χ3n) is 4.28. The van der Waals surface area contributed by atoms with Crippen LogP contribution in [-0.2, 0) is 0 Å². The zero-order valence-electron chi connectivity index (χ0n) is 14.5. The number of benzene rings is 3. The van der Waals surface area contributed by atoms with Crippen molar-refractivity contribution in [2.24, 2.45) is 0 Å². The number of anilines is 1. The second kappa shape index (κ2) is 7.29. The number of carboxylic acid groups (broad SMARTS) is 2. The lowest BCUT2D eigenvalue weighted by Gasteiger charge is -2.22. The summed E-state index contributed by atoms with van der Waals surface area (Å²) in [5.41, 5.74) is 0.297. The quantitative estimate of drug-likeness (QED) is 0.717. The van der Waals surface area contributed by atoms with E-state index in [-0.39, 0.29) is 29.3 Å². The normalized spacial score (nSPS) is 10.6. The van der Waals surface area contributed by atoms with Crippen LogP contribution in [0.2, 0.25) is 0 Å². The van der Waals surface area contributed by atoms with Crippen LogP contribution >= 0.6 is 0 Å². The fourth-order valence-corrected chi connectivity index (χ4v) is 2.94. The summed E-state index contributed by atoms with van der Waals surface area (Å²) in [4.78, 5) is 37.0. The Kier molecular flexibility index (Phi) is 4.90. The Hall–Kier alpha value is -3.67. The summed E-state index contributed by atoms with van der Waals surface area (Å²) in [7, 11) is 0. The summed E-state index contributed by atoms with van der Waals surface area (Å²) >= 11 is 0. The van der Waals surface area contributed by atoms with E-state index in [0.717, 1.165) is 16.8 Å². The van der Waals surface area contributed by atoms with Crippen LogP contribution in [0.15, 0.2) is 60.7 Å². The van der Waals surface area contributed by atoms with E-state index in [1.807, 2.05) is 30.3 Å². The molecule has 2 N–H and O–H groups in total. The maximum Gasteiger partial charge on any atom is 0.335 e. The number of aromatic carboxylic acids is 2. The minimum absolute atomic E-state index is 0.185. The number of amides is 1. The number of rotatable bonds is 5. The molecule has 136 valence electrons. The maximum atomic E-state index is 13.0. The van der Waals surface area contributed by atoms with Crippen LogP contribution in [0.5, 0.6) is 0 Å². The van der Waals surface area contributed by atoms with E-state index in [9.17, 15) is 24.6 Å². The smallest absolute Gasteiger partial charge is 0.335 e. The molecule has 0 spiro atoms. The van der Waals surface area contributed by atoms with Crippen molar-refractivity contribution in [3.05, 3.63) is 77.4 Å². The number of nitrogens with zero attached hydrogens (tertiary/aromatic N) is 1. The van der Waals surface area contributed by atoms with Crippen molar-refractivity contribution in [2.75, 3.05) is 11.4 Å². The third-order valence-corrected chi connectivity index (χ3v) is 4.28. The van der Waals surface area contributed by atoms with Crippen molar-refractivity contribution >= 4 is 34.3 Å². The molecule has 0 aliphatic heterocycles. The number of carboxylic acids is 2. The lowest BCUT2D eigenvalue weighted by molar-refractivity contribution is 0.0696. The van der Waals surface area contributed by atoms with Gasteiger partial charge in [-0.15, -0.1) is 0 Å². The molecule has 0 fully saturated rings. The fraction of sp³-hybridized carbons (Fsp3) is 0.0952. The second-order valence-corrected chi connectivity index (χ2v) is 5.99. The lowest BCUT2D eigenvalue weighted by Crippen LogP contribution is -2.31. The van der Waals surface area contributed by atoms with E-state index in [1.54, 1.807) is 19.1 Å². The summed E-state index contributed by atoms with van der Waals surface area (Å²) < 4.78 is 0. The van der Waals surface area contributed by atoms with Crippen molar-refractivity contribution in [3.8, 4) is 0 Å². The molecule has 0 atom stereocenters. The number of fused-ring (bicyclic) bond motifs is 1. The van der Waals surface area contributed by atoms with E-state index in [2.05, 4.69) is 0 Å². The summed E-state index contributed by atoms with van der Waals surface area (Å²) in [6.45, 7) is 2.00. The molecule has 0 aromatic heterocycles. The molecular weight excluding hydrogens is 346 g/mol. The van der Waals surface area contributed by atoms with Crippen LogP contribution in [0.1, 0.15) is 38.0 Å². The zero-order valence-corrected chi connectivity index (χ0v) is 14.5. The van der Waals surface area contributed by atoms with Gasteiger partial charge in [0.15, 0.2) is 0 Å². The number of carbonyl (C=O) groups excluding carboxylic acids is 1. The van der Waals surface area contributed by atoms with E-state index >= 15 is 0 Å². The van der Waals surface area contributed by atoms with E-state index in [0.29, 0.717) is 5.56 Å². The maximum absolute atomic E-state index is 13.0. The predicted molar refractivity (Wildman–Crippen MR) is 102 cm³/mol. The molecule has 27 heavy (non-hydrogen) atoms. The Labute approximate surface area is 155 Å². The van der Waals surface area contributed by atoms with E-state index < -0.39 is 11.9 Å². The molecule has 0 bridgehead atoms. The summed E-state index contributed by atoms with van der Waals surface area (Å²) in [6.07, 6.45) is 0. The highest BCUT2D eigenvalue weighted by Gasteiger charge is 2.20. The SMILES string of the molecule is CCN(C(=O)c1ccc2ccccc2c1)c1cc(C(=O)O)cc(C(=O)O)c1. The molecule has 6 heteroatoms. The first-order chi connectivity index (χ1) is 12.9. The second-order valence-electron chi connectivity index (χ2n) is 5.99. The standard InChI is InChI=1S/C21H17NO5/c1-2-22(18-11-16(20(24)25)10-17(12-18)21(26)27)19(23)15-8-7-13-5-3-4-6-14(13)9-15/h3-12H,2H2,1H3,(H,24,25)(H,26,27). The Morgan fingerprint density at radius 3 is 1.93 bits per heavy atom. The van der Waals surface area contributed by atoms with Crippen LogP contribution in [0.25, 0.3) is 10.8 Å². The molecule has 0 heterocycles. The molecule has 3 aromatic rings. The van der Waals surface area contributed by atoms with Gasteiger partial charge in [-0.1, -0.05) is 30.3 Å². The number of carbonyl (C=O) groups is 3. The van der Waals surface area contributed by atoms with Crippen LogP contribution in [0.3, 0.4) is 0 Å². The van der Waals surface area contributed by atoms with Gasteiger partial charge in [0.05, 0.1) is 11.1 Å². The van der Waals surface area contributed by atoms with E-state index in [1.165, 1.54) is 17.0 Å². The first-order valence-electron chi connectivity index (χ1n) is 8.33. The molecule has 0 unspecified atom stereocenters. The molecule has 3 rings (SSSR count). The van der Waals surface area contributed by atoms with E-state index in [4.69, 9.17) is 0 Å². The van der Waals surface area contributed by atoms with Gasteiger partial charge < -0.3 is 15.1 Å². The average molecular weight is 363 g/mol. The Morgan fingerprint density at radius 2 is 1.37 bits per heavy atom. The molecule has 1 amide bonds. The lowest BCUT2D eigenvalue weighted by atomic mass is 10.0. The van der Waals surface area contributed by atoms with Crippen molar-refractivity contribution < 1.29 is 24.6 Å². The predicted octanol–water partition coefficient (Wildman–Crippen LogP) is 3.90. The molecule has 0 aliphatic carbocycles. The van der Waals surface area contributed by atoms with Crippen molar-refractivity contribution in [2.45, 2.75) is 6.92 Å². The Bertz CT molecular complexity index is 1030. The van der Waals surface area contributed by atoms with Gasteiger partial charge in [0.25, 0.3) is 5.91 Å². The summed E-state index contributed by atoms with van der Waals surface area (Å²) in [6, 6.07) is 16.6. The minimum atomic E-state index is -1.26. The largest absolute Gasteiger partial charge is 0.478 e. The van der Waals surface area contributed by atoms with Crippen LogP contribution in [-0.4, -0.2) is 34.6 Å². The molecule has 3 aromatic carbocycles. The van der Waals surface area contributed by atoms with Gasteiger partial charge in [0.2, 0.25) is 0 Å². The molecule has 0 saturated carbocycles. The summed E-state index contributed by atoms with van der Waals surface area (Å²) in [5, 5.41) is 20.4. The monoisotopic (exact) mass is 363 g/mol. The molecule has 0 aliphatic rings. The van der Waals surface area contributed by atoms with Crippen LogP contribution in [0, 0.1) is 0 Å². The van der Waals surface area contributed by atoms with Gasteiger partial charge in [0.1, 0.15) is 0 Å². The first kappa shape index (κ1) is 18.1. The highest BCUT2D eigenvalue weighted by Crippen LogP contribution is 2.23. The number of hydrogen-bond acceptors (Lipinski definition) is 3. The van der Waals surface area contributed by atoms with Gasteiger partial charge >= 0.3 is 11.9 Å². The molecule has 6 nitrogen and oxygen atoms in total. The highest BCUT2D eigenvalue weighted by molar-refractivity contribution is 6.09. The minimum Gasteiger partial charge on any atom is -0.478 e. The third kappa shape index (κ3) is 3.64. The van der Waals surface area contributed by atoms with Crippen molar-refractivity contribution in [3.63, 3.8) is 0 Å². The van der Waals surface area contributed by atoms with Gasteiger partial charge in [0, 0.05) is 17.8 Å². The molecule has 0 saturated heterocycles. The topological polar surface area (TPSA) is 94.9 Å². The Balaban J connectivity index is 2.06. The molecule has 0 radical (unpaired) electrons. The van der Waals surface area contributed by atoms with Gasteiger partial charge in [-0.05, 0) is 48.0 Å². The van der Waals surface area contributed by atoms with Gasteiger partial charge in [-0.3, -0.25) is 4.79 Å². The van der Waals surface area contributed by atoms with Gasteiger partial charge in [-0.2, -0.15) is 0 Å². The van der Waals surface area contributed by atoms with Crippen LogP contribution < -0.4 is 4.90 Å². The first-order valence-corrected chi connectivity index (χ1v) is 8.33. The van der Waals surface area contributed by atoms with Crippen LogP contribution in [0.4, 0.5) is 5.69 Å². The van der Waals surface area contributed by atoms with Crippen molar-refractivity contribution in [1.29, 1.82) is 0 Å².